The van der Waals surface area contributed by atoms with Gasteiger partial charge >= 0.3 is 11.9 Å². The van der Waals surface area contributed by atoms with Gasteiger partial charge in [0.05, 0.1) is 16.8 Å². The molecule has 1 N–H and O–H groups in total. The van der Waals surface area contributed by atoms with Crippen molar-refractivity contribution in [3.8, 4) is 5.69 Å². The maximum Gasteiger partial charge on any atom is 0.418 e. The van der Waals surface area contributed by atoms with Crippen LogP contribution < -0.4 is 11.0 Å². The first-order chi connectivity index (χ1) is 16.3. The molecule has 0 amide bonds. The number of rotatable bonds is 6. The quantitative estimate of drug-likeness (QED) is 0.464. The third kappa shape index (κ3) is 3.81. The monoisotopic (exact) mass is 470 g/mol. The van der Waals surface area contributed by atoms with E-state index in [9.17, 15) is 18.0 Å². The Balaban J connectivity index is 1.70. The van der Waals surface area contributed by atoms with Gasteiger partial charge < -0.3 is 9.88 Å². The highest BCUT2D eigenvalue weighted by Gasteiger charge is 2.35. The summed E-state index contributed by atoms with van der Waals surface area (Å²) in [5, 5.41) is 11.6. The molecule has 0 bridgehead atoms. The van der Waals surface area contributed by atoms with Gasteiger partial charge in [-0.2, -0.15) is 13.2 Å². The second-order valence-electron chi connectivity index (χ2n) is 8.89. The summed E-state index contributed by atoms with van der Waals surface area (Å²) in [7, 11) is 3.73. The maximum absolute atomic E-state index is 13.6. The molecule has 1 aliphatic carbocycles. The van der Waals surface area contributed by atoms with Gasteiger partial charge in [0.1, 0.15) is 12.2 Å². The molecule has 1 saturated carbocycles. The normalized spacial score (nSPS) is 15.6. The summed E-state index contributed by atoms with van der Waals surface area (Å²) < 4.78 is 45.0. The topological polar surface area (TPSA) is 69.2 Å². The van der Waals surface area contributed by atoms with E-state index >= 15 is 0 Å². The molecule has 1 atom stereocenters. The maximum atomic E-state index is 13.6. The zero-order valence-corrected chi connectivity index (χ0v) is 18.9. The Hall–Kier alpha value is -3.40. The van der Waals surface area contributed by atoms with E-state index in [1.807, 2.05) is 30.8 Å². The Bertz CT molecular complexity index is 1400. The van der Waals surface area contributed by atoms with Crippen molar-refractivity contribution >= 4 is 5.52 Å². The average Bonchev–Trinajstić information content (AvgIpc) is 3.33. The molecule has 0 spiro atoms. The minimum atomic E-state index is -4.56. The number of alkyl halides is 3. The van der Waals surface area contributed by atoms with E-state index in [-0.39, 0.29) is 11.4 Å². The molecule has 0 radical (unpaired) electrons. The van der Waals surface area contributed by atoms with Crippen LogP contribution in [0.5, 0.6) is 0 Å². The zero-order valence-electron chi connectivity index (χ0n) is 18.9. The number of halogens is 3. The highest BCUT2D eigenvalue weighted by atomic mass is 19.4. The molecular formula is C24H25F3N6O. The smallest absolute Gasteiger partial charge is 0.320 e. The first-order valence-electron chi connectivity index (χ1n) is 11.2. The van der Waals surface area contributed by atoms with E-state index in [2.05, 4.69) is 21.6 Å². The lowest BCUT2D eigenvalue weighted by molar-refractivity contribution is -0.136. The molecule has 7 nitrogen and oxygen atoms in total. The molecule has 4 aromatic rings. The molecule has 5 rings (SSSR count). The van der Waals surface area contributed by atoms with Crippen LogP contribution in [0.25, 0.3) is 11.2 Å². The molecule has 1 unspecified atom stereocenters. The van der Waals surface area contributed by atoms with Gasteiger partial charge in [-0.05, 0) is 61.2 Å². The molecule has 10 heteroatoms. The Morgan fingerprint density at radius 2 is 2.03 bits per heavy atom. The van der Waals surface area contributed by atoms with Crippen LogP contribution in [-0.2, 0) is 19.8 Å². The molecule has 0 aliphatic heterocycles. The van der Waals surface area contributed by atoms with Gasteiger partial charge in [0, 0.05) is 31.9 Å². The number of fused-ring (bicyclic) bond motifs is 1. The molecule has 3 aromatic heterocycles. The third-order valence-electron chi connectivity index (χ3n) is 6.67. The van der Waals surface area contributed by atoms with E-state index in [0.29, 0.717) is 18.2 Å². The fourth-order valence-corrected chi connectivity index (χ4v) is 4.84. The van der Waals surface area contributed by atoms with Gasteiger partial charge in [0.2, 0.25) is 0 Å². The first-order valence-corrected chi connectivity index (χ1v) is 11.2. The first kappa shape index (κ1) is 22.4. The van der Waals surface area contributed by atoms with Crippen molar-refractivity contribution in [2.45, 2.75) is 37.9 Å². The number of aryl methyl sites for hydroxylation is 1. The number of hydrogen-bond donors (Lipinski definition) is 1. The Labute approximate surface area is 193 Å². The number of pyridine rings is 1. The van der Waals surface area contributed by atoms with Gasteiger partial charge in [-0.3, -0.25) is 8.97 Å². The Morgan fingerprint density at radius 3 is 2.65 bits per heavy atom. The van der Waals surface area contributed by atoms with E-state index in [4.69, 9.17) is 0 Å². The minimum absolute atomic E-state index is 0.0183. The Morgan fingerprint density at radius 1 is 1.24 bits per heavy atom. The predicted octanol–water partition coefficient (Wildman–Crippen LogP) is 3.89. The van der Waals surface area contributed by atoms with Crippen molar-refractivity contribution in [1.29, 1.82) is 0 Å². The van der Waals surface area contributed by atoms with Crippen molar-refractivity contribution in [2.24, 2.45) is 13.0 Å². The van der Waals surface area contributed by atoms with Crippen LogP contribution in [0.1, 0.15) is 47.7 Å². The van der Waals surface area contributed by atoms with Crippen molar-refractivity contribution < 1.29 is 13.2 Å². The molecule has 1 fully saturated rings. The van der Waals surface area contributed by atoms with Crippen molar-refractivity contribution in [3.63, 3.8) is 0 Å². The van der Waals surface area contributed by atoms with E-state index < -0.39 is 17.4 Å². The summed E-state index contributed by atoms with van der Waals surface area (Å²) in [6, 6.07) is 8.04. The average molecular weight is 470 g/mol. The lowest BCUT2D eigenvalue weighted by atomic mass is 9.72. The van der Waals surface area contributed by atoms with Gasteiger partial charge in [-0.1, -0.05) is 12.5 Å². The second-order valence-corrected chi connectivity index (χ2v) is 8.89. The third-order valence-corrected chi connectivity index (χ3v) is 6.67. The summed E-state index contributed by atoms with van der Waals surface area (Å²) in [6.07, 6.45) is 3.01. The van der Waals surface area contributed by atoms with Crippen LogP contribution in [0.3, 0.4) is 0 Å². The molecule has 178 valence electrons. The molecular weight excluding hydrogens is 445 g/mol. The molecule has 34 heavy (non-hydrogen) atoms. The van der Waals surface area contributed by atoms with Crippen LogP contribution in [0, 0.1) is 5.92 Å². The fourth-order valence-electron chi connectivity index (χ4n) is 4.84. The number of benzene rings is 1. The summed E-state index contributed by atoms with van der Waals surface area (Å²) in [5.74, 6) is 1.21. The lowest BCUT2D eigenvalue weighted by Gasteiger charge is -2.33. The summed E-state index contributed by atoms with van der Waals surface area (Å²) >= 11 is 0. The fraction of sp³-hybridized carbons (Fsp3) is 0.375. The SMILES string of the molecule is CNCc1cc(C(c2nncn2C)C2CCC2)cc(-n2cc3c(C(F)(F)F)cccn3c2=O)c1. The predicted molar refractivity (Wildman–Crippen MR) is 121 cm³/mol. The largest absolute Gasteiger partial charge is 0.418 e. The van der Waals surface area contributed by atoms with Crippen LogP contribution in [0.4, 0.5) is 13.2 Å². The molecule has 0 saturated heterocycles. The number of nitrogens with one attached hydrogen (secondary N) is 1. The van der Waals surface area contributed by atoms with E-state index in [1.165, 1.54) is 23.0 Å². The zero-order chi connectivity index (χ0) is 24.0. The standard InChI is InChI=1S/C24H25F3N6O/c1-28-12-15-9-17(21(16-5-3-6-16)22-30-29-14-31(22)2)11-18(10-15)33-13-20-19(24(25,26)27)7-4-8-32(20)23(33)34/h4,7-11,13-14,16,21,28H,3,5-6,12H2,1-2H3. The summed E-state index contributed by atoms with van der Waals surface area (Å²) in [5.41, 5.74) is 0.860. The molecule has 1 aromatic carbocycles. The van der Waals surface area contributed by atoms with Crippen LogP contribution >= 0.6 is 0 Å². The van der Waals surface area contributed by atoms with E-state index in [0.717, 1.165) is 46.7 Å². The summed E-state index contributed by atoms with van der Waals surface area (Å²) in [6.45, 7) is 0.549. The number of nitrogens with zero attached hydrogens (tertiary/aromatic N) is 5. The lowest BCUT2D eigenvalue weighted by Crippen LogP contribution is -2.25. The summed E-state index contributed by atoms with van der Waals surface area (Å²) in [4.78, 5) is 13.2. The molecule has 1 aliphatic rings. The minimum Gasteiger partial charge on any atom is -0.320 e. The van der Waals surface area contributed by atoms with Crippen molar-refractivity contribution in [3.05, 3.63) is 82.1 Å². The van der Waals surface area contributed by atoms with Crippen LogP contribution in [-0.4, -0.2) is 30.8 Å². The van der Waals surface area contributed by atoms with Crippen LogP contribution in [0.2, 0.25) is 0 Å². The van der Waals surface area contributed by atoms with Crippen molar-refractivity contribution in [2.75, 3.05) is 7.05 Å². The second kappa shape index (κ2) is 8.43. The highest BCUT2D eigenvalue weighted by Crippen LogP contribution is 2.43. The highest BCUT2D eigenvalue weighted by molar-refractivity contribution is 5.57. The number of hydrogen-bond acceptors (Lipinski definition) is 4. The van der Waals surface area contributed by atoms with Gasteiger partial charge in [-0.25, -0.2) is 4.79 Å². The van der Waals surface area contributed by atoms with Gasteiger partial charge in [0.15, 0.2) is 0 Å². The van der Waals surface area contributed by atoms with Crippen LogP contribution in [0.15, 0.2) is 53.8 Å². The van der Waals surface area contributed by atoms with Gasteiger partial charge in [-0.15, -0.1) is 10.2 Å². The van der Waals surface area contributed by atoms with Gasteiger partial charge in [0.25, 0.3) is 0 Å². The number of aromatic nitrogens is 5. The molecule has 3 heterocycles. The number of imidazole rings is 1. The van der Waals surface area contributed by atoms with Crippen molar-refractivity contribution in [1.82, 2.24) is 29.0 Å². The van der Waals surface area contributed by atoms with E-state index in [1.54, 1.807) is 6.33 Å². The Kier molecular flexibility index (Phi) is 5.55.